The quantitative estimate of drug-likeness (QED) is 0.568. The average Bonchev–Trinajstić information content (AvgIpc) is 3.30. The molecule has 2 N–H and O–H groups in total. The van der Waals surface area contributed by atoms with Crippen LogP contribution in [0.15, 0.2) is 71.8 Å². The second kappa shape index (κ2) is 6.44. The molecule has 6 heteroatoms. The molecule has 6 nitrogen and oxygen atoms in total. The van der Waals surface area contributed by atoms with Crippen LogP contribution in [-0.2, 0) is 16.8 Å². The largest absolute Gasteiger partial charge is 0.341 e. The first kappa shape index (κ1) is 17.4. The van der Waals surface area contributed by atoms with Gasteiger partial charge in [-0.1, -0.05) is 54.6 Å². The van der Waals surface area contributed by atoms with Gasteiger partial charge in [0.2, 0.25) is 11.6 Å². The molecule has 2 aromatic carbocycles. The first-order valence-corrected chi connectivity index (χ1v) is 9.62. The molecule has 144 valence electrons. The first-order valence-electron chi connectivity index (χ1n) is 9.62. The molecular weight excluding hydrogens is 364 g/mol. The number of hydrogen-bond donors (Lipinski definition) is 2. The van der Waals surface area contributed by atoms with Crippen LogP contribution in [0.2, 0.25) is 0 Å². The highest BCUT2D eigenvalue weighted by Gasteiger charge is 2.46. The zero-order valence-electron chi connectivity index (χ0n) is 16.0. The van der Waals surface area contributed by atoms with Crippen LogP contribution in [0.1, 0.15) is 30.2 Å². The Bertz CT molecular complexity index is 1290. The zero-order chi connectivity index (χ0) is 20.0. The van der Waals surface area contributed by atoms with Crippen molar-refractivity contribution < 1.29 is 4.79 Å². The second-order valence-corrected chi connectivity index (χ2v) is 7.42. The summed E-state index contributed by atoms with van der Waals surface area (Å²) in [6.07, 6.45) is 4.82. The Hall–Kier alpha value is -3.67. The van der Waals surface area contributed by atoms with Crippen molar-refractivity contribution in [2.75, 3.05) is 0 Å². The number of amides is 1. The monoisotopic (exact) mass is 384 g/mol. The number of aryl methyl sites for hydroxylation is 1. The molecule has 0 radical (unpaired) electrons. The van der Waals surface area contributed by atoms with Crippen molar-refractivity contribution in [3.8, 4) is 11.3 Å². The van der Waals surface area contributed by atoms with E-state index in [2.05, 4.69) is 27.4 Å². The maximum Gasteiger partial charge on any atom is 0.292 e. The fourth-order valence-corrected chi connectivity index (χ4v) is 4.53. The molecule has 0 bridgehead atoms. The van der Waals surface area contributed by atoms with Gasteiger partial charge in [-0.05, 0) is 24.0 Å². The molecule has 0 fully saturated rings. The normalized spacial score (nSPS) is 17.1. The smallest absolute Gasteiger partial charge is 0.292 e. The van der Waals surface area contributed by atoms with Crippen LogP contribution in [0.3, 0.4) is 0 Å². The van der Waals surface area contributed by atoms with E-state index in [0.717, 1.165) is 28.9 Å². The fraction of sp³-hybridized carbons (Fsp3) is 0.174. The number of H-pyrrole nitrogens is 1. The number of fused-ring (bicyclic) bond motifs is 5. The van der Waals surface area contributed by atoms with Gasteiger partial charge in [0.15, 0.2) is 0 Å². The lowest BCUT2D eigenvalue weighted by molar-refractivity contribution is -0.120. The summed E-state index contributed by atoms with van der Waals surface area (Å²) in [5.74, 6) is -0.125. The summed E-state index contributed by atoms with van der Waals surface area (Å²) >= 11 is 0. The summed E-state index contributed by atoms with van der Waals surface area (Å²) in [6.45, 7) is 1.53. The zero-order valence-corrected chi connectivity index (χ0v) is 16.0. The van der Waals surface area contributed by atoms with Gasteiger partial charge in [-0.2, -0.15) is 0 Å². The van der Waals surface area contributed by atoms with E-state index in [4.69, 9.17) is 0 Å². The molecule has 0 saturated heterocycles. The van der Waals surface area contributed by atoms with Crippen LogP contribution < -0.4 is 10.9 Å². The lowest BCUT2D eigenvalue weighted by Gasteiger charge is -2.33. The van der Waals surface area contributed by atoms with Crippen molar-refractivity contribution in [2.24, 2.45) is 0 Å². The Balaban J connectivity index is 1.79. The van der Waals surface area contributed by atoms with Crippen molar-refractivity contribution in [2.45, 2.75) is 25.3 Å². The highest BCUT2D eigenvalue weighted by molar-refractivity contribution is 5.82. The summed E-state index contributed by atoms with van der Waals surface area (Å²) in [4.78, 5) is 32.2. The van der Waals surface area contributed by atoms with Crippen molar-refractivity contribution in [1.82, 2.24) is 19.7 Å². The average molecular weight is 384 g/mol. The molecule has 2 heterocycles. The van der Waals surface area contributed by atoms with Gasteiger partial charge in [-0.15, -0.1) is 0 Å². The van der Waals surface area contributed by atoms with E-state index < -0.39 is 5.54 Å². The Labute approximate surface area is 167 Å². The minimum absolute atomic E-state index is 0.125. The number of benzene rings is 2. The number of aromatic nitrogens is 3. The van der Waals surface area contributed by atoms with E-state index in [9.17, 15) is 9.59 Å². The number of rotatable bonds is 4. The lowest BCUT2D eigenvalue weighted by Crippen LogP contribution is -2.46. The number of nitrogens with zero attached hydrogens (tertiary/aromatic N) is 2. The van der Waals surface area contributed by atoms with Gasteiger partial charge in [-0.25, -0.2) is 4.98 Å². The highest BCUT2D eigenvalue weighted by Crippen LogP contribution is 2.48. The number of carbonyl (C=O) groups excluding carboxylic acids is 1. The molecule has 0 spiro atoms. The van der Waals surface area contributed by atoms with Crippen molar-refractivity contribution >= 4 is 11.6 Å². The van der Waals surface area contributed by atoms with Gasteiger partial charge in [0, 0.05) is 24.9 Å². The molecule has 2 aromatic heterocycles. The van der Waals surface area contributed by atoms with Crippen LogP contribution in [-0.4, -0.2) is 20.3 Å². The van der Waals surface area contributed by atoms with E-state index in [1.807, 2.05) is 46.9 Å². The molecule has 1 unspecified atom stereocenters. The van der Waals surface area contributed by atoms with Crippen LogP contribution in [0.4, 0.5) is 0 Å². The number of carbonyl (C=O) groups is 1. The molecular formula is C23H20N4O2. The maximum atomic E-state index is 12.6. The first-order chi connectivity index (χ1) is 14.1. The Kier molecular flexibility index (Phi) is 3.87. The van der Waals surface area contributed by atoms with Crippen molar-refractivity contribution in [3.05, 3.63) is 94.2 Å². The Morgan fingerprint density at radius 3 is 2.69 bits per heavy atom. The minimum atomic E-state index is -0.767. The van der Waals surface area contributed by atoms with Gasteiger partial charge in [0.05, 0.1) is 11.4 Å². The summed E-state index contributed by atoms with van der Waals surface area (Å²) in [7, 11) is 0. The summed E-state index contributed by atoms with van der Waals surface area (Å²) < 4.78 is 1.81. The van der Waals surface area contributed by atoms with Crippen LogP contribution >= 0.6 is 0 Å². The number of aromatic amines is 1. The highest BCUT2D eigenvalue weighted by atomic mass is 16.1. The minimum Gasteiger partial charge on any atom is -0.341 e. The van der Waals surface area contributed by atoms with Crippen molar-refractivity contribution in [3.63, 3.8) is 0 Å². The molecule has 1 aliphatic carbocycles. The van der Waals surface area contributed by atoms with E-state index in [1.165, 1.54) is 12.5 Å². The maximum absolute atomic E-state index is 12.6. The van der Waals surface area contributed by atoms with Gasteiger partial charge < -0.3 is 10.3 Å². The van der Waals surface area contributed by atoms with E-state index in [1.54, 1.807) is 12.4 Å². The van der Waals surface area contributed by atoms with Gasteiger partial charge in [-0.3, -0.25) is 14.0 Å². The molecule has 5 rings (SSSR count). The SMILES string of the molecule is CC(=O)NC1(CCc2ccccc2)c2ccccc2-c2[nH]c(=O)c3nccn3c21. The van der Waals surface area contributed by atoms with Gasteiger partial charge in [0.1, 0.15) is 5.54 Å². The second-order valence-electron chi connectivity index (χ2n) is 7.42. The molecule has 1 aliphatic rings. The lowest BCUT2D eigenvalue weighted by atomic mass is 9.84. The summed E-state index contributed by atoms with van der Waals surface area (Å²) in [6, 6.07) is 18.1. The van der Waals surface area contributed by atoms with E-state index >= 15 is 0 Å². The van der Waals surface area contributed by atoms with Crippen LogP contribution in [0.25, 0.3) is 16.9 Å². The third-order valence-electron chi connectivity index (χ3n) is 5.64. The molecule has 4 aromatic rings. The van der Waals surface area contributed by atoms with Gasteiger partial charge >= 0.3 is 0 Å². The number of hydrogen-bond acceptors (Lipinski definition) is 3. The Morgan fingerprint density at radius 2 is 1.90 bits per heavy atom. The number of nitrogens with one attached hydrogen (secondary N) is 2. The predicted octanol–water partition coefficient (Wildman–Crippen LogP) is 3.02. The number of imidazole rings is 1. The summed E-state index contributed by atoms with van der Waals surface area (Å²) in [5.41, 5.74) is 3.99. The summed E-state index contributed by atoms with van der Waals surface area (Å²) in [5, 5.41) is 3.23. The molecule has 29 heavy (non-hydrogen) atoms. The van der Waals surface area contributed by atoms with E-state index in [-0.39, 0.29) is 11.5 Å². The molecule has 1 atom stereocenters. The topological polar surface area (TPSA) is 79.3 Å². The van der Waals surface area contributed by atoms with Crippen LogP contribution in [0, 0.1) is 0 Å². The fourth-order valence-electron chi connectivity index (χ4n) is 4.53. The third-order valence-corrected chi connectivity index (χ3v) is 5.64. The Morgan fingerprint density at radius 1 is 1.14 bits per heavy atom. The van der Waals surface area contributed by atoms with E-state index in [0.29, 0.717) is 12.1 Å². The standard InChI is InChI=1S/C23H20N4O2/c1-15(28)26-23(12-11-16-7-3-2-4-8-16)18-10-6-5-9-17(18)19-20(23)27-14-13-24-21(27)22(29)25-19/h2-10,13-14H,11-12H2,1H3,(H,25,29)(H,26,28). The third kappa shape index (κ3) is 2.60. The van der Waals surface area contributed by atoms with Crippen LogP contribution in [0.5, 0.6) is 0 Å². The van der Waals surface area contributed by atoms with Gasteiger partial charge in [0.25, 0.3) is 5.56 Å². The molecule has 0 saturated carbocycles. The molecule has 1 amide bonds. The van der Waals surface area contributed by atoms with Crippen molar-refractivity contribution in [1.29, 1.82) is 0 Å². The molecule has 0 aliphatic heterocycles. The predicted molar refractivity (Wildman–Crippen MR) is 111 cm³/mol.